The number of hydrogen-bond donors (Lipinski definition) is 1. The van der Waals surface area contributed by atoms with Gasteiger partial charge in [0.1, 0.15) is 5.78 Å². The topological polar surface area (TPSA) is 37.3 Å². The quantitative estimate of drug-likeness (QED) is 0.735. The average Bonchev–Trinajstić information content (AvgIpc) is 2.85. The van der Waals surface area contributed by atoms with Crippen molar-refractivity contribution in [1.82, 2.24) is 0 Å². The third-order valence-electron chi connectivity index (χ3n) is 9.44. The molecule has 136 valence electrons. The van der Waals surface area contributed by atoms with E-state index in [0.717, 1.165) is 37.0 Å². The van der Waals surface area contributed by atoms with Gasteiger partial charge in [-0.3, -0.25) is 4.79 Å². The number of rotatable bonds is 1. The zero-order chi connectivity index (χ0) is 17.3. The van der Waals surface area contributed by atoms with Crippen LogP contribution in [-0.4, -0.2) is 16.5 Å². The maximum Gasteiger partial charge on any atom is 0.133 e. The molecule has 0 aromatic rings. The summed E-state index contributed by atoms with van der Waals surface area (Å²) in [5, 5.41) is 10.6. The first kappa shape index (κ1) is 17.1. The van der Waals surface area contributed by atoms with E-state index in [1.165, 1.54) is 38.5 Å². The predicted octanol–water partition coefficient (Wildman–Crippen LogP) is 4.99. The first-order valence-electron chi connectivity index (χ1n) is 10.4. The minimum Gasteiger partial charge on any atom is -0.390 e. The van der Waals surface area contributed by atoms with E-state index < -0.39 is 5.60 Å². The van der Waals surface area contributed by atoms with E-state index in [-0.39, 0.29) is 5.41 Å². The van der Waals surface area contributed by atoms with Crippen LogP contribution >= 0.6 is 0 Å². The van der Waals surface area contributed by atoms with Gasteiger partial charge in [0, 0.05) is 5.92 Å². The number of carbonyl (C=O) groups is 1. The number of fused-ring (bicyclic) bond motifs is 5. The van der Waals surface area contributed by atoms with Crippen molar-refractivity contribution in [3.05, 3.63) is 0 Å². The van der Waals surface area contributed by atoms with Crippen LogP contribution in [0.1, 0.15) is 85.5 Å². The van der Waals surface area contributed by atoms with Gasteiger partial charge < -0.3 is 5.11 Å². The number of ketones is 1. The molecule has 0 unspecified atom stereocenters. The van der Waals surface area contributed by atoms with Crippen LogP contribution in [0.3, 0.4) is 0 Å². The number of aliphatic hydroxyl groups is 1. The van der Waals surface area contributed by atoms with Crippen LogP contribution in [-0.2, 0) is 4.79 Å². The van der Waals surface area contributed by atoms with Crippen LogP contribution in [0.2, 0.25) is 0 Å². The van der Waals surface area contributed by atoms with Gasteiger partial charge >= 0.3 is 0 Å². The average molecular weight is 333 g/mol. The molecule has 4 aliphatic carbocycles. The molecule has 0 spiro atoms. The fraction of sp³-hybridized carbons (Fsp3) is 0.955. The Morgan fingerprint density at radius 2 is 1.58 bits per heavy atom. The number of carbonyl (C=O) groups excluding carboxylic acids is 1. The molecule has 0 radical (unpaired) electrons. The summed E-state index contributed by atoms with van der Waals surface area (Å²) in [6, 6.07) is 0. The molecule has 1 N–H and O–H groups in total. The third kappa shape index (κ3) is 2.27. The van der Waals surface area contributed by atoms with Crippen LogP contribution < -0.4 is 0 Å². The summed E-state index contributed by atoms with van der Waals surface area (Å²) in [6.07, 6.45) is 10.8. The molecule has 0 aromatic heterocycles. The van der Waals surface area contributed by atoms with Crippen molar-refractivity contribution in [2.24, 2.45) is 40.4 Å². The highest BCUT2D eigenvalue weighted by Gasteiger charge is 2.61. The first-order chi connectivity index (χ1) is 11.2. The maximum atomic E-state index is 12.2. The highest BCUT2D eigenvalue weighted by molar-refractivity contribution is 5.79. The molecular weight excluding hydrogens is 296 g/mol. The highest BCUT2D eigenvalue weighted by atomic mass is 16.3. The summed E-state index contributed by atoms with van der Waals surface area (Å²) in [5.41, 5.74) is 0.268. The van der Waals surface area contributed by atoms with E-state index in [1.807, 2.05) is 13.8 Å². The highest BCUT2D eigenvalue weighted by Crippen LogP contribution is 2.68. The van der Waals surface area contributed by atoms with Gasteiger partial charge in [0.25, 0.3) is 0 Å². The summed E-state index contributed by atoms with van der Waals surface area (Å²) in [7, 11) is 0. The Morgan fingerprint density at radius 3 is 2.29 bits per heavy atom. The Bertz CT molecular complexity index is 538. The molecule has 4 saturated carbocycles. The van der Waals surface area contributed by atoms with Crippen LogP contribution in [0.5, 0.6) is 0 Å². The van der Waals surface area contributed by atoms with Crippen LogP contribution in [0.15, 0.2) is 0 Å². The SMILES string of the molecule is CC(=O)[C@H]1CC[C@@H]2[C@H]3CC[C@H]4C[C@](C)(O)CC[C@]4(C)[C@H]3CC[C@]12C. The number of Topliss-reactive ketones (excluding diaryl/α,β-unsaturated/α-hetero) is 1. The molecule has 0 saturated heterocycles. The van der Waals surface area contributed by atoms with Gasteiger partial charge in [0.2, 0.25) is 0 Å². The van der Waals surface area contributed by atoms with E-state index in [2.05, 4.69) is 13.8 Å². The predicted molar refractivity (Wildman–Crippen MR) is 96.5 cm³/mol. The lowest BCUT2D eigenvalue weighted by Gasteiger charge is -2.61. The Kier molecular flexibility index (Phi) is 3.78. The molecule has 0 amide bonds. The van der Waals surface area contributed by atoms with Gasteiger partial charge in [-0.25, -0.2) is 0 Å². The molecular formula is C22H36O2. The van der Waals surface area contributed by atoms with Crippen LogP contribution in [0.25, 0.3) is 0 Å². The molecule has 2 nitrogen and oxygen atoms in total. The molecule has 4 rings (SSSR count). The lowest BCUT2D eigenvalue weighted by Crippen LogP contribution is -2.55. The van der Waals surface area contributed by atoms with Crippen molar-refractivity contribution in [3.63, 3.8) is 0 Å². The lowest BCUT2D eigenvalue weighted by atomic mass is 9.44. The zero-order valence-corrected chi connectivity index (χ0v) is 16.1. The molecule has 0 aliphatic heterocycles. The van der Waals surface area contributed by atoms with E-state index in [1.54, 1.807) is 0 Å². The normalized spacial score (nSPS) is 57.0. The van der Waals surface area contributed by atoms with Gasteiger partial charge in [-0.15, -0.1) is 0 Å². The summed E-state index contributed by atoms with van der Waals surface area (Å²) >= 11 is 0. The van der Waals surface area contributed by atoms with Gasteiger partial charge in [0.05, 0.1) is 5.60 Å². The summed E-state index contributed by atoms with van der Waals surface area (Å²) in [4.78, 5) is 12.2. The molecule has 4 aliphatic rings. The van der Waals surface area contributed by atoms with E-state index in [0.29, 0.717) is 23.0 Å². The summed E-state index contributed by atoms with van der Waals surface area (Å²) < 4.78 is 0. The molecule has 2 heteroatoms. The fourth-order valence-corrected chi connectivity index (χ4v) is 8.10. The number of hydrogen-bond acceptors (Lipinski definition) is 2. The second-order valence-corrected chi connectivity index (χ2v) is 10.6. The first-order valence-corrected chi connectivity index (χ1v) is 10.4. The standard InChI is InChI=1S/C22H36O2/c1-14(23)17-7-8-18-16-6-5-15-13-20(2,24)11-12-21(15,3)19(16)9-10-22(17,18)4/h15-19,24H,5-13H2,1-4H3/t15-,16+,17+,18+,19-,20+,21-,22+/m0/s1. The molecule has 0 bridgehead atoms. The van der Waals surface area contributed by atoms with E-state index in [9.17, 15) is 9.90 Å². The largest absolute Gasteiger partial charge is 0.390 e. The Morgan fingerprint density at radius 1 is 0.875 bits per heavy atom. The molecule has 0 aromatic carbocycles. The van der Waals surface area contributed by atoms with E-state index in [4.69, 9.17) is 0 Å². The van der Waals surface area contributed by atoms with Gasteiger partial charge in [-0.05, 0) is 106 Å². The second kappa shape index (κ2) is 5.32. The minimum atomic E-state index is -0.437. The summed E-state index contributed by atoms with van der Waals surface area (Å²) in [5.74, 6) is 3.89. The van der Waals surface area contributed by atoms with Crippen LogP contribution in [0.4, 0.5) is 0 Å². The Balaban J connectivity index is 1.61. The lowest BCUT2D eigenvalue weighted by molar-refractivity contribution is -0.150. The van der Waals surface area contributed by atoms with Gasteiger partial charge in [-0.1, -0.05) is 13.8 Å². The van der Waals surface area contributed by atoms with Crippen molar-refractivity contribution in [3.8, 4) is 0 Å². The van der Waals surface area contributed by atoms with Gasteiger partial charge in [0.15, 0.2) is 0 Å². The van der Waals surface area contributed by atoms with Crippen molar-refractivity contribution >= 4 is 5.78 Å². The minimum absolute atomic E-state index is 0.274. The van der Waals surface area contributed by atoms with Crippen molar-refractivity contribution in [1.29, 1.82) is 0 Å². The Labute approximate surface area is 147 Å². The van der Waals surface area contributed by atoms with E-state index >= 15 is 0 Å². The Hall–Kier alpha value is -0.370. The summed E-state index contributed by atoms with van der Waals surface area (Å²) in [6.45, 7) is 8.85. The smallest absolute Gasteiger partial charge is 0.133 e. The van der Waals surface area contributed by atoms with Crippen molar-refractivity contribution in [2.75, 3.05) is 0 Å². The zero-order valence-electron chi connectivity index (χ0n) is 16.1. The van der Waals surface area contributed by atoms with Crippen LogP contribution in [0, 0.1) is 40.4 Å². The van der Waals surface area contributed by atoms with Crippen molar-refractivity contribution in [2.45, 2.75) is 91.1 Å². The fourth-order valence-electron chi connectivity index (χ4n) is 8.10. The second-order valence-electron chi connectivity index (χ2n) is 10.6. The van der Waals surface area contributed by atoms with Gasteiger partial charge in [-0.2, -0.15) is 0 Å². The van der Waals surface area contributed by atoms with Crippen molar-refractivity contribution < 1.29 is 9.90 Å². The molecule has 4 fully saturated rings. The monoisotopic (exact) mass is 332 g/mol. The molecule has 8 atom stereocenters. The molecule has 24 heavy (non-hydrogen) atoms. The maximum absolute atomic E-state index is 12.2. The third-order valence-corrected chi connectivity index (χ3v) is 9.44. The molecule has 0 heterocycles.